The zero-order valence-corrected chi connectivity index (χ0v) is 14.2. The van der Waals surface area contributed by atoms with Crippen LogP contribution in [0.2, 0.25) is 0 Å². The average molecular weight is 339 g/mol. The molecule has 0 spiro atoms. The molecule has 130 valence electrons. The van der Waals surface area contributed by atoms with E-state index >= 15 is 0 Å². The van der Waals surface area contributed by atoms with Crippen LogP contribution in [0.4, 0.5) is 0 Å². The van der Waals surface area contributed by atoms with Crippen LogP contribution in [0.1, 0.15) is 11.3 Å². The number of aromatic amines is 1. The zero-order valence-electron chi connectivity index (χ0n) is 14.2. The fourth-order valence-electron chi connectivity index (χ4n) is 2.78. The van der Waals surface area contributed by atoms with E-state index in [9.17, 15) is 9.59 Å². The van der Waals surface area contributed by atoms with Gasteiger partial charge in [0.2, 0.25) is 0 Å². The molecule has 0 aliphatic carbocycles. The molecule has 0 bridgehead atoms. The van der Waals surface area contributed by atoms with Crippen molar-refractivity contribution >= 4 is 10.8 Å². The molecule has 0 saturated heterocycles. The van der Waals surface area contributed by atoms with E-state index in [1.54, 1.807) is 30.3 Å². The van der Waals surface area contributed by atoms with Crippen molar-refractivity contribution in [2.75, 3.05) is 6.54 Å². The number of H-pyrrole nitrogens is 1. The van der Waals surface area contributed by atoms with Crippen molar-refractivity contribution in [3.05, 3.63) is 75.1 Å². The molecule has 0 unspecified atom stereocenters. The maximum absolute atomic E-state index is 12.4. The molecular formula is C18H21N5O2. The van der Waals surface area contributed by atoms with Gasteiger partial charge in [-0.05, 0) is 19.1 Å². The number of benzene rings is 1. The molecule has 0 aliphatic heterocycles. The summed E-state index contributed by atoms with van der Waals surface area (Å²) in [7, 11) is 0. The van der Waals surface area contributed by atoms with Gasteiger partial charge in [-0.3, -0.25) is 19.4 Å². The molecule has 0 saturated carbocycles. The number of nitrogens with zero attached hydrogens (tertiary/aromatic N) is 3. The van der Waals surface area contributed by atoms with Crippen molar-refractivity contribution in [3.63, 3.8) is 0 Å². The third-order valence-corrected chi connectivity index (χ3v) is 4.08. The van der Waals surface area contributed by atoms with Crippen LogP contribution in [0, 0.1) is 6.92 Å². The Morgan fingerprint density at radius 1 is 1.28 bits per heavy atom. The van der Waals surface area contributed by atoms with E-state index < -0.39 is 0 Å². The fourth-order valence-corrected chi connectivity index (χ4v) is 2.78. The topological polar surface area (TPSA) is 84.7 Å². The minimum absolute atomic E-state index is 0.188. The maximum atomic E-state index is 12.4. The zero-order chi connectivity index (χ0) is 17.8. The lowest BCUT2D eigenvalue weighted by Crippen LogP contribution is -2.33. The number of rotatable bonds is 7. The minimum atomic E-state index is -0.253. The largest absolute Gasteiger partial charge is 0.311 e. The highest BCUT2D eigenvalue weighted by Gasteiger charge is 2.07. The average Bonchev–Trinajstić information content (AvgIpc) is 2.96. The standard InChI is InChI=1S/C18H21N5O2/c1-3-9-22-12-14(13(2)20-22)11-19-8-10-23-18(25)16-7-5-4-6-15(16)17(24)21-23/h3-7,12,19H,1,8-11H2,2H3,(H,21,24). The summed E-state index contributed by atoms with van der Waals surface area (Å²) in [5.74, 6) is 0. The Bertz CT molecular complexity index is 1010. The van der Waals surface area contributed by atoms with Crippen molar-refractivity contribution in [3.8, 4) is 0 Å². The summed E-state index contributed by atoms with van der Waals surface area (Å²) in [6, 6.07) is 6.84. The second kappa shape index (κ2) is 7.31. The summed E-state index contributed by atoms with van der Waals surface area (Å²) in [5, 5.41) is 11.2. The van der Waals surface area contributed by atoms with Crippen LogP contribution in [0.5, 0.6) is 0 Å². The predicted molar refractivity (Wildman–Crippen MR) is 97.7 cm³/mol. The number of nitrogens with one attached hydrogen (secondary N) is 2. The van der Waals surface area contributed by atoms with E-state index in [-0.39, 0.29) is 11.1 Å². The Balaban J connectivity index is 1.66. The van der Waals surface area contributed by atoms with Crippen LogP contribution in [0.25, 0.3) is 10.8 Å². The molecule has 1 aromatic carbocycles. The Morgan fingerprint density at radius 3 is 2.80 bits per heavy atom. The van der Waals surface area contributed by atoms with Crippen LogP contribution in [-0.4, -0.2) is 26.1 Å². The summed E-state index contributed by atoms with van der Waals surface area (Å²) in [6.45, 7) is 7.93. The molecule has 3 rings (SSSR count). The van der Waals surface area contributed by atoms with Gasteiger partial charge in [-0.15, -0.1) is 6.58 Å². The van der Waals surface area contributed by atoms with Gasteiger partial charge in [-0.25, -0.2) is 4.68 Å². The molecule has 0 aliphatic rings. The molecule has 2 heterocycles. The fraction of sp³-hybridized carbons (Fsp3) is 0.278. The van der Waals surface area contributed by atoms with Crippen LogP contribution in [-0.2, 0) is 19.6 Å². The molecule has 7 heteroatoms. The van der Waals surface area contributed by atoms with Crippen LogP contribution >= 0.6 is 0 Å². The van der Waals surface area contributed by atoms with E-state index in [1.807, 2.05) is 17.8 Å². The first-order chi connectivity index (χ1) is 12.1. The van der Waals surface area contributed by atoms with E-state index in [0.29, 0.717) is 37.0 Å². The van der Waals surface area contributed by atoms with Crippen LogP contribution in [0.15, 0.2) is 52.7 Å². The maximum Gasteiger partial charge on any atom is 0.273 e. The summed E-state index contributed by atoms with van der Waals surface area (Å²) < 4.78 is 3.19. The lowest BCUT2D eigenvalue weighted by atomic mass is 10.2. The van der Waals surface area contributed by atoms with Crippen molar-refractivity contribution in [1.82, 2.24) is 24.9 Å². The minimum Gasteiger partial charge on any atom is -0.311 e. The predicted octanol–water partition coefficient (Wildman–Crippen LogP) is 1.17. The Kier molecular flexibility index (Phi) is 4.95. The van der Waals surface area contributed by atoms with Gasteiger partial charge in [0.25, 0.3) is 11.1 Å². The Hall–Kier alpha value is -2.93. The third-order valence-electron chi connectivity index (χ3n) is 4.08. The summed E-state index contributed by atoms with van der Waals surface area (Å²) in [6.07, 6.45) is 3.78. The van der Waals surface area contributed by atoms with Crippen LogP contribution in [0.3, 0.4) is 0 Å². The highest BCUT2D eigenvalue weighted by atomic mass is 16.2. The van der Waals surface area contributed by atoms with Crippen LogP contribution < -0.4 is 16.4 Å². The van der Waals surface area contributed by atoms with Crippen molar-refractivity contribution in [2.45, 2.75) is 26.6 Å². The summed E-state index contributed by atoms with van der Waals surface area (Å²) in [4.78, 5) is 24.5. The molecule has 0 fully saturated rings. The van der Waals surface area contributed by atoms with E-state index in [1.165, 1.54) is 4.68 Å². The monoisotopic (exact) mass is 339 g/mol. The second-order valence-electron chi connectivity index (χ2n) is 5.87. The molecular weight excluding hydrogens is 318 g/mol. The van der Waals surface area contributed by atoms with E-state index in [0.717, 1.165) is 11.3 Å². The second-order valence-corrected chi connectivity index (χ2v) is 5.87. The van der Waals surface area contributed by atoms with E-state index in [4.69, 9.17) is 0 Å². The normalized spacial score (nSPS) is 11.1. The first-order valence-corrected chi connectivity index (χ1v) is 8.16. The van der Waals surface area contributed by atoms with Crippen molar-refractivity contribution < 1.29 is 0 Å². The first kappa shape index (κ1) is 16.9. The highest BCUT2D eigenvalue weighted by Crippen LogP contribution is 2.05. The SMILES string of the molecule is C=CCn1cc(CNCCn2[nH]c(=O)c3ccccc3c2=O)c(C)n1. The quantitative estimate of drug-likeness (QED) is 0.500. The summed E-state index contributed by atoms with van der Waals surface area (Å²) >= 11 is 0. The van der Waals surface area contributed by atoms with Gasteiger partial charge in [-0.1, -0.05) is 18.2 Å². The summed E-state index contributed by atoms with van der Waals surface area (Å²) in [5.41, 5.74) is 1.62. The van der Waals surface area contributed by atoms with Gasteiger partial charge in [0, 0.05) is 24.8 Å². The highest BCUT2D eigenvalue weighted by molar-refractivity contribution is 5.80. The molecule has 2 aromatic heterocycles. The number of hydrogen-bond acceptors (Lipinski definition) is 4. The molecule has 0 amide bonds. The molecule has 2 N–H and O–H groups in total. The lowest BCUT2D eigenvalue weighted by Gasteiger charge is -2.08. The molecule has 7 nitrogen and oxygen atoms in total. The number of fused-ring (bicyclic) bond motifs is 1. The van der Waals surface area contributed by atoms with Crippen molar-refractivity contribution in [1.29, 1.82) is 0 Å². The van der Waals surface area contributed by atoms with Gasteiger partial charge in [0.15, 0.2) is 0 Å². The Morgan fingerprint density at radius 2 is 2.04 bits per heavy atom. The van der Waals surface area contributed by atoms with Crippen molar-refractivity contribution in [2.24, 2.45) is 0 Å². The van der Waals surface area contributed by atoms with E-state index in [2.05, 4.69) is 22.1 Å². The molecule has 0 atom stereocenters. The lowest BCUT2D eigenvalue weighted by molar-refractivity contribution is 0.530. The molecule has 0 radical (unpaired) electrons. The number of aromatic nitrogens is 4. The first-order valence-electron chi connectivity index (χ1n) is 8.16. The van der Waals surface area contributed by atoms with Gasteiger partial charge in [0.05, 0.1) is 29.6 Å². The molecule has 25 heavy (non-hydrogen) atoms. The smallest absolute Gasteiger partial charge is 0.273 e. The van der Waals surface area contributed by atoms with Gasteiger partial charge >= 0.3 is 0 Å². The number of allylic oxidation sites excluding steroid dienone is 1. The Labute approximate surface area is 144 Å². The van der Waals surface area contributed by atoms with Gasteiger partial charge in [0.1, 0.15) is 0 Å². The molecule has 3 aromatic rings. The van der Waals surface area contributed by atoms with Gasteiger partial charge < -0.3 is 5.32 Å². The third kappa shape index (κ3) is 3.61. The van der Waals surface area contributed by atoms with Gasteiger partial charge in [-0.2, -0.15) is 5.10 Å². The number of aryl methyl sites for hydroxylation is 1. The number of hydrogen-bond donors (Lipinski definition) is 2.